The van der Waals surface area contributed by atoms with Crippen LogP contribution in [0.3, 0.4) is 0 Å². The predicted molar refractivity (Wildman–Crippen MR) is 108 cm³/mol. The van der Waals surface area contributed by atoms with Gasteiger partial charge >= 0.3 is 0 Å². The molecule has 2 N–H and O–H groups in total. The van der Waals surface area contributed by atoms with E-state index in [1.165, 1.54) is 0 Å². The summed E-state index contributed by atoms with van der Waals surface area (Å²) in [6.45, 7) is 2.20. The SMILES string of the molecule is C#CCNC(=O)c1cccnc1Oc1ccc(NC(/C=C\CC)=NC)cc1. The van der Waals surface area contributed by atoms with Crippen molar-refractivity contribution in [3.8, 4) is 24.0 Å². The molecule has 6 heteroatoms. The number of nitrogens with one attached hydrogen (secondary N) is 2. The summed E-state index contributed by atoms with van der Waals surface area (Å²) in [5.74, 6) is 3.57. The molecule has 0 aliphatic rings. The van der Waals surface area contributed by atoms with E-state index < -0.39 is 0 Å². The van der Waals surface area contributed by atoms with Crippen molar-refractivity contribution in [1.29, 1.82) is 0 Å². The summed E-state index contributed by atoms with van der Waals surface area (Å²) in [4.78, 5) is 20.5. The van der Waals surface area contributed by atoms with Crippen LogP contribution < -0.4 is 15.4 Å². The maximum Gasteiger partial charge on any atom is 0.257 e. The Kier molecular flexibility index (Phi) is 7.61. The first-order chi connectivity index (χ1) is 13.2. The highest BCUT2D eigenvalue weighted by Gasteiger charge is 2.13. The first-order valence-electron chi connectivity index (χ1n) is 8.52. The first kappa shape index (κ1) is 19.7. The Morgan fingerprint density at radius 3 is 2.78 bits per heavy atom. The van der Waals surface area contributed by atoms with E-state index in [9.17, 15) is 4.79 Å². The Labute approximate surface area is 159 Å². The van der Waals surface area contributed by atoms with Crippen LogP contribution in [-0.2, 0) is 0 Å². The standard InChI is InChI=1S/C21H22N4O2/c1-4-6-9-19(22-3)25-16-10-12-17(13-11-16)27-21-18(8-7-15-24-21)20(26)23-14-5-2/h2,6-13,15H,4,14H2,1,3H3,(H,22,25)(H,23,26)/b9-6-. The molecule has 1 heterocycles. The van der Waals surface area contributed by atoms with Gasteiger partial charge in [0.2, 0.25) is 5.88 Å². The summed E-state index contributed by atoms with van der Waals surface area (Å²) in [7, 11) is 1.73. The molecule has 27 heavy (non-hydrogen) atoms. The third kappa shape index (κ3) is 6.01. The van der Waals surface area contributed by atoms with E-state index in [1.54, 1.807) is 37.5 Å². The number of carbonyl (C=O) groups excluding carboxylic acids is 1. The minimum atomic E-state index is -0.333. The minimum Gasteiger partial charge on any atom is -0.438 e. The van der Waals surface area contributed by atoms with Crippen LogP contribution >= 0.6 is 0 Å². The molecule has 0 saturated heterocycles. The molecule has 138 valence electrons. The van der Waals surface area contributed by atoms with Crippen LogP contribution in [0, 0.1) is 12.3 Å². The topological polar surface area (TPSA) is 75.6 Å². The number of aromatic nitrogens is 1. The highest BCUT2D eigenvalue weighted by Crippen LogP contribution is 2.24. The Bertz CT molecular complexity index is 864. The average molecular weight is 362 g/mol. The van der Waals surface area contributed by atoms with Gasteiger partial charge in [0.1, 0.15) is 17.1 Å². The van der Waals surface area contributed by atoms with E-state index in [4.69, 9.17) is 11.2 Å². The number of anilines is 1. The van der Waals surface area contributed by atoms with Gasteiger partial charge in [-0.1, -0.05) is 18.9 Å². The molecule has 0 unspecified atom stereocenters. The van der Waals surface area contributed by atoms with Gasteiger partial charge < -0.3 is 15.4 Å². The highest BCUT2D eigenvalue weighted by atomic mass is 16.5. The van der Waals surface area contributed by atoms with Crippen LogP contribution in [0.4, 0.5) is 5.69 Å². The molecule has 1 amide bonds. The number of hydrogen-bond acceptors (Lipinski definition) is 4. The third-order valence-electron chi connectivity index (χ3n) is 3.46. The number of aliphatic imine (C=N–C) groups is 1. The Morgan fingerprint density at radius 1 is 1.33 bits per heavy atom. The number of rotatable bonds is 7. The van der Waals surface area contributed by atoms with E-state index in [1.807, 2.05) is 24.3 Å². The van der Waals surface area contributed by atoms with Crippen molar-refractivity contribution >= 4 is 17.4 Å². The van der Waals surface area contributed by atoms with Crippen LogP contribution in [-0.4, -0.2) is 30.3 Å². The van der Waals surface area contributed by atoms with Crippen molar-refractivity contribution in [1.82, 2.24) is 10.3 Å². The minimum absolute atomic E-state index is 0.140. The van der Waals surface area contributed by atoms with Gasteiger partial charge in [-0.2, -0.15) is 0 Å². The van der Waals surface area contributed by atoms with Crippen molar-refractivity contribution in [2.24, 2.45) is 4.99 Å². The molecule has 2 aromatic rings. The summed E-state index contributed by atoms with van der Waals surface area (Å²) >= 11 is 0. The molecular weight excluding hydrogens is 340 g/mol. The molecule has 0 spiro atoms. The Hall–Kier alpha value is -3.59. The zero-order chi connectivity index (χ0) is 19.5. The van der Waals surface area contributed by atoms with Gasteiger partial charge in [-0.3, -0.25) is 9.79 Å². The van der Waals surface area contributed by atoms with Gasteiger partial charge in [-0.25, -0.2) is 4.98 Å². The fraction of sp³-hybridized carbons (Fsp3) is 0.190. The third-order valence-corrected chi connectivity index (χ3v) is 3.46. The second-order valence-electron chi connectivity index (χ2n) is 5.41. The molecule has 2 rings (SSSR count). The number of nitrogens with zero attached hydrogens (tertiary/aromatic N) is 2. The molecule has 0 bridgehead atoms. The second kappa shape index (κ2) is 10.4. The molecule has 1 aromatic heterocycles. The zero-order valence-electron chi connectivity index (χ0n) is 15.4. The smallest absolute Gasteiger partial charge is 0.257 e. The summed E-state index contributed by atoms with van der Waals surface area (Å²) in [6, 6.07) is 10.6. The average Bonchev–Trinajstić information content (AvgIpc) is 2.71. The van der Waals surface area contributed by atoms with E-state index in [0.29, 0.717) is 11.3 Å². The van der Waals surface area contributed by atoms with Crippen LogP contribution in [0.2, 0.25) is 0 Å². The molecule has 0 aliphatic carbocycles. The number of terminal acetylenes is 1. The normalized spacial score (nSPS) is 11.1. The molecule has 0 saturated carbocycles. The predicted octanol–water partition coefficient (Wildman–Crippen LogP) is 3.64. The Morgan fingerprint density at radius 2 is 2.11 bits per heavy atom. The quantitative estimate of drug-likeness (QED) is 0.448. The number of pyridine rings is 1. The van der Waals surface area contributed by atoms with Crippen LogP contribution in [0.1, 0.15) is 23.7 Å². The Balaban J connectivity index is 2.10. The number of benzene rings is 1. The highest BCUT2D eigenvalue weighted by molar-refractivity contribution is 6.03. The second-order valence-corrected chi connectivity index (χ2v) is 5.41. The lowest BCUT2D eigenvalue weighted by molar-refractivity contribution is 0.0955. The van der Waals surface area contributed by atoms with Gasteiger partial charge in [0, 0.05) is 18.9 Å². The lowest BCUT2D eigenvalue weighted by Crippen LogP contribution is -2.24. The van der Waals surface area contributed by atoms with Crippen molar-refractivity contribution in [2.75, 3.05) is 18.9 Å². The molecule has 6 nitrogen and oxygen atoms in total. The van der Waals surface area contributed by atoms with Crippen molar-refractivity contribution in [3.05, 3.63) is 60.3 Å². The number of amides is 1. The van der Waals surface area contributed by atoms with Gasteiger partial charge in [0.15, 0.2) is 0 Å². The number of hydrogen-bond donors (Lipinski definition) is 2. The summed E-state index contributed by atoms with van der Waals surface area (Å²) in [6.07, 6.45) is 11.6. The molecular formula is C21H22N4O2. The number of amidine groups is 1. The first-order valence-corrected chi connectivity index (χ1v) is 8.52. The number of carbonyl (C=O) groups is 1. The van der Waals surface area contributed by atoms with E-state index in [-0.39, 0.29) is 18.3 Å². The largest absolute Gasteiger partial charge is 0.438 e. The molecule has 0 atom stereocenters. The van der Waals surface area contributed by atoms with E-state index in [0.717, 1.165) is 17.9 Å². The van der Waals surface area contributed by atoms with E-state index in [2.05, 4.69) is 33.5 Å². The molecule has 0 fully saturated rings. The lowest BCUT2D eigenvalue weighted by Gasteiger charge is -2.10. The lowest BCUT2D eigenvalue weighted by atomic mass is 10.2. The van der Waals surface area contributed by atoms with Crippen molar-refractivity contribution in [2.45, 2.75) is 13.3 Å². The number of ether oxygens (including phenoxy) is 1. The molecule has 0 radical (unpaired) electrons. The van der Waals surface area contributed by atoms with Gasteiger partial charge in [0.05, 0.1) is 6.54 Å². The molecule has 0 aliphatic heterocycles. The summed E-state index contributed by atoms with van der Waals surface area (Å²) < 4.78 is 5.77. The maximum absolute atomic E-state index is 12.2. The summed E-state index contributed by atoms with van der Waals surface area (Å²) in [5.41, 5.74) is 1.19. The maximum atomic E-state index is 12.2. The van der Waals surface area contributed by atoms with Crippen LogP contribution in [0.15, 0.2) is 59.7 Å². The van der Waals surface area contributed by atoms with Crippen molar-refractivity contribution in [3.63, 3.8) is 0 Å². The van der Waals surface area contributed by atoms with Gasteiger partial charge in [0.25, 0.3) is 5.91 Å². The monoisotopic (exact) mass is 362 g/mol. The van der Waals surface area contributed by atoms with Crippen LogP contribution in [0.5, 0.6) is 11.6 Å². The van der Waals surface area contributed by atoms with Crippen molar-refractivity contribution < 1.29 is 9.53 Å². The summed E-state index contributed by atoms with van der Waals surface area (Å²) in [5, 5.41) is 5.82. The van der Waals surface area contributed by atoms with Gasteiger partial charge in [-0.15, -0.1) is 6.42 Å². The fourth-order valence-corrected chi connectivity index (χ4v) is 2.14. The zero-order valence-corrected chi connectivity index (χ0v) is 15.4. The van der Waals surface area contributed by atoms with Crippen LogP contribution in [0.25, 0.3) is 0 Å². The van der Waals surface area contributed by atoms with Gasteiger partial charge in [-0.05, 0) is 48.9 Å². The number of allylic oxidation sites excluding steroid dienone is 1. The molecule has 1 aromatic carbocycles. The fourth-order valence-electron chi connectivity index (χ4n) is 2.14. The van der Waals surface area contributed by atoms with E-state index >= 15 is 0 Å².